The molecule has 0 amide bonds. The van der Waals surface area contributed by atoms with Gasteiger partial charge >= 0.3 is 0 Å². The van der Waals surface area contributed by atoms with Gasteiger partial charge in [0, 0.05) is 12.4 Å². The Hall–Kier alpha value is -0.850. The molecule has 1 aromatic heterocycles. The number of pyridine rings is 1. The van der Waals surface area contributed by atoms with E-state index in [0.29, 0.717) is 0 Å². The van der Waals surface area contributed by atoms with Crippen molar-refractivity contribution in [2.75, 3.05) is 0 Å². The van der Waals surface area contributed by atoms with Crippen molar-refractivity contribution in [2.24, 2.45) is 0 Å². The first kappa shape index (κ1) is 9.24. The Morgan fingerprint density at radius 1 is 1.42 bits per heavy atom. The molecule has 1 heteroatoms. The Morgan fingerprint density at radius 3 is 2.67 bits per heavy atom. The summed E-state index contributed by atoms with van der Waals surface area (Å²) in [5.74, 6) is 0. The maximum absolute atomic E-state index is 4.13. The molecule has 0 aliphatic heterocycles. The third-order valence-corrected chi connectivity index (χ3v) is 2.32. The smallest absolute Gasteiger partial charge is 0.0305 e. The second-order valence-electron chi connectivity index (χ2n) is 3.88. The van der Waals surface area contributed by atoms with Crippen molar-refractivity contribution in [2.45, 2.75) is 39.0 Å². The standard InChI is InChI=1S/C11H17N/c1-4-7-11(2,3)10-6-5-8-12-9-10/h5-6,8-9H,4,7H2,1-3H3. The predicted molar refractivity (Wildman–Crippen MR) is 52.2 cm³/mol. The first-order chi connectivity index (χ1) is 5.67. The van der Waals surface area contributed by atoms with Crippen molar-refractivity contribution < 1.29 is 0 Å². The third kappa shape index (κ3) is 2.07. The minimum atomic E-state index is 0.281. The second-order valence-corrected chi connectivity index (χ2v) is 3.88. The molecule has 0 unspecified atom stereocenters. The Kier molecular flexibility index (Phi) is 2.85. The van der Waals surface area contributed by atoms with E-state index in [1.54, 1.807) is 0 Å². The summed E-state index contributed by atoms with van der Waals surface area (Å²) in [6.07, 6.45) is 6.24. The summed E-state index contributed by atoms with van der Waals surface area (Å²) in [7, 11) is 0. The first-order valence-corrected chi connectivity index (χ1v) is 4.57. The van der Waals surface area contributed by atoms with E-state index in [9.17, 15) is 0 Å². The Bertz CT molecular complexity index is 226. The molecule has 0 aromatic carbocycles. The fourth-order valence-electron chi connectivity index (χ4n) is 1.53. The van der Waals surface area contributed by atoms with Crippen LogP contribution in [0.25, 0.3) is 0 Å². The van der Waals surface area contributed by atoms with Gasteiger partial charge in [0.25, 0.3) is 0 Å². The van der Waals surface area contributed by atoms with Crippen LogP contribution in [0.2, 0.25) is 0 Å². The lowest BCUT2D eigenvalue weighted by Gasteiger charge is -2.23. The third-order valence-electron chi connectivity index (χ3n) is 2.32. The normalized spacial score (nSPS) is 11.6. The quantitative estimate of drug-likeness (QED) is 0.667. The van der Waals surface area contributed by atoms with Gasteiger partial charge in [-0.15, -0.1) is 0 Å². The lowest BCUT2D eigenvalue weighted by atomic mass is 9.82. The van der Waals surface area contributed by atoms with Crippen LogP contribution in [0.1, 0.15) is 39.2 Å². The zero-order chi connectivity index (χ0) is 9.03. The predicted octanol–water partition coefficient (Wildman–Crippen LogP) is 3.16. The molecule has 0 bridgehead atoms. The molecule has 0 N–H and O–H groups in total. The minimum absolute atomic E-state index is 0.281. The average Bonchev–Trinajstić information content (AvgIpc) is 2.06. The molecule has 0 spiro atoms. The van der Waals surface area contributed by atoms with Gasteiger partial charge in [-0.05, 0) is 23.5 Å². The van der Waals surface area contributed by atoms with Gasteiger partial charge in [-0.25, -0.2) is 0 Å². The average molecular weight is 163 g/mol. The topological polar surface area (TPSA) is 12.9 Å². The summed E-state index contributed by atoms with van der Waals surface area (Å²) < 4.78 is 0. The summed E-state index contributed by atoms with van der Waals surface area (Å²) in [6.45, 7) is 6.76. The maximum atomic E-state index is 4.13. The summed E-state index contributed by atoms with van der Waals surface area (Å²) in [6, 6.07) is 4.16. The van der Waals surface area contributed by atoms with Gasteiger partial charge in [0.15, 0.2) is 0 Å². The van der Waals surface area contributed by atoms with Crippen LogP contribution in [0.15, 0.2) is 24.5 Å². The van der Waals surface area contributed by atoms with Gasteiger partial charge in [0.05, 0.1) is 0 Å². The largest absolute Gasteiger partial charge is 0.264 e. The molecule has 0 radical (unpaired) electrons. The van der Waals surface area contributed by atoms with Crippen LogP contribution in [0.4, 0.5) is 0 Å². The SMILES string of the molecule is CCCC(C)(C)c1cccnc1. The van der Waals surface area contributed by atoms with Crippen LogP contribution in [0, 0.1) is 0 Å². The fourth-order valence-corrected chi connectivity index (χ4v) is 1.53. The van der Waals surface area contributed by atoms with E-state index in [1.165, 1.54) is 18.4 Å². The molecule has 1 aromatic rings. The summed E-state index contributed by atoms with van der Waals surface area (Å²) >= 11 is 0. The van der Waals surface area contributed by atoms with E-state index in [0.717, 1.165) is 0 Å². The second kappa shape index (κ2) is 3.70. The molecule has 1 heterocycles. The van der Waals surface area contributed by atoms with Crippen molar-refractivity contribution in [3.63, 3.8) is 0 Å². The summed E-state index contributed by atoms with van der Waals surface area (Å²) in [4.78, 5) is 4.13. The molecule has 0 saturated carbocycles. The van der Waals surface area contributed by atoms with Crippen LogP contribution in [0.5, 0.6) is 0 Å². The molecule has 1 rings (SSSR count). The van der Waals surface area contributed by atoms with Crippen LogP contribution in [0.3, 0.4) is 0 Å². The lowest BCUT2D eigenvalue weighted by Crippen LogP contribution is -2.16. The first-order valence-electron chi connectivity index (χ1n) is 4.57. The molecular weight excluding hydrogens is 146 g/mol. The molecule has 1 nitrogen and oxygen atoms in total. The van der Waals surface area contributed by atoms with Crippen LogP contribution in [-0.4, -0.2) is 4.98 Å². The van der Waals surface area contributed by atoms with Crippen molar-refractivity contribution in [1.29, 1.82) is 0 Å². The molecule has 0 aliphatic rings. The lowest BCUT2D eigenvalue weighted by molar-refractivity contribution is 0.471. The van der Waals surface area contributed by atoms with Gasteiger partial charge < -0.3 is 0 Å². The van der Waals surface area contributed by atoms with Crippen molar-refractivity contribution in [3.05, 3.63) is 30.1 Å². The number of aromatic nitrogens is 1. The van der Waals surface area contributed by atoms with Crippen molar-refractivity contribution in [3.8, 4) is 0 Å². The number of nitrogens with zero attached hydrogens (tertiary/aromatic N) is 1. The molecule has 0 saturated heterocycles. The van der Waals surface area contributed by atoms with E-state index in [4.69, 9.17) is 0 Å². The maximum Gasteiger partial charge on any atom is 0.0305 e. The molecule has 0 fully saturated rings. The highest BCUT2D eigenvalue weighted by Gasteiger charge is 2.18. The highest BCUT2D eigenvalue weighted by atomic mass is 14.6. The zero-order valence-electron chi connectivity index (χ0n) is 8.17. The summed E-state index contributed by atoms with van der Waals surface area (Å²) in [5, 5.41) is 0. The van der Waals surface area contributed by atoms with E-state index in [2.05, 4.69) is 31.8 Å². The Morgan fingerprint density at radius 2 is 2.17 bits per heavy atom. The van der Waals surface area contributed by atoms with Gasteiger partial charge in [-0.3, -0.25) is 4.98 Å². The van der Waals surface area contributed by atoms with Crippen molar-refractivity contribution >= 4 is 0 Å². The highest BCUT2D eigenvalue weighted by Crippen LogP contribution is 2.26. The molecule has 0 atom stereocenters. The fraction of sp³-hybridized carbons (Fsp3) is 0.545. The monoisotopic (exact) mass is 163 g/mol. The van der Waals surface area contributed by atoms with Crippen molar-refractivity contribution in [1.82, 2.24) is 4.98 Å². The van der Waals surface area contributed by atoms with Gasteiger partial charge in [0.2, 0.25) is 0 Å². The number of hydrogen-bond donors (Lipinski definition) is 0. The molecule has 66 valence electrons. The minimum Gasteiger partial charge on any atom is -0.264 e. The molecule has 12 heavy (non-hydrogen) atoms. The molecular formula is C11H17N. The highest BCUT2D eigenvalue weighted by molar-refractivity contribution is 5.18. The Balaban J connectivity index is 2.82. The number of hydrogen-bond acceptors (Lipinski definition) is 1. The van der Waals surface area contributed by atoms with E-state index < -0.39 is 0 Å². The van der Waals surface area contributed by atoms with Crippen LogP contribution < -0.4 is 0 Å². The van der Waals surface area contributed by atoms with Gasteiger partial charge in [-0.2, -0.15) is 0 Å². The van der Waals surface area contributed by atoms with E-state index in [1.807, 2.05) is 18.5 Å². The van der Waals surface area contributed by atoms with E-state index >= 15 is 0 Å². The van der Waals surface area contributed by atoms with Crippen LogP contribution >= 0.6 is 0 Å². The van der Waals surface area contributed by atoms with Gasteiger partial charge in [-0.1, -0.05) is 33.3 Å². The van der Waals surface area contributed by atoms with E-state index in [-0.39, 0.29) is 5.41 Å². The Labute approximate surface area is 74.8 Å². The molecule has 0 aliphatic carbocycles. The summed E-state index contributed by atoms with van der Waals surface area (Å²) in [5.41, 5.74) is 1.62. The number of rotatable bonds is 3. The zero-order valence-corrected chi connectivity index (χ0v) is 8.17. The van der Waals surface area contributed by atoms with Crippen LogP contribution in [-0.2, 0) is 5.41 Å². The van der Waals surface area contributed by atoms with Gasteiger partial charge in [0.1, 0.15) is 0 Å².